The van der Waals surface area contributed by atoms with E-state index < -0.39 is 16.1 Å². The van der Waals surface area contributed by atoms with E-state index in [0.717, 1.165) is 17.5 Å². The van der Waals surface area contributed by atoms with E-state index in [1.54, 1.807) is 36.1 Å². The molecule has 1 unspecified atom stereocenters. The van der Waals surface area contributed by atoms with Crippen LogP contribution in [0.2, 0.25) is 0 Å². The van der Waals surface area contributed by atoms with Crippen LogP contribution < -0.4 is 10.0 Å². The van der Waals surface area contributed by atoms with E-state index in [2.05, 4.69) is 10.0 Å². The summed E-state index contributed by atoms with van der Waals surface area (Å²) in [5.41, 5.74) is 2.43. The molecule has 3 aromatic rings. The first-order chi connectivity index (χ1) is 18.7. The predicted octanol–water partition coefficient (Wildman–Crippen LogP) is 4.22. The van der Waals surface area contributed by atoms with Crippen LogP contribution in [0.15, 0.2) is 83.8 Å². The Kier molecular flexibility index (Phi) is 11.2. The van der Waals surface area contributed by atoms with E-state index in [1.165, 1.54) is 24.3 Å². The summed E-state index contributed by atoms with van der Waals surface area (Å²) in [4.78, 5) is 28.7. The second-order valence-electron chi connectivity index (χ2n) is 9.29. The third-order valence-electron chi connectivity index (χ3n) is 6.28. The number of nitrogens with one attached hydrogen (secondary N) is 2. The lowest BCUT2D eigenvalue weighted by Crippen LogP contribution is -2.50. The minimum Gasteiger partial charge on any atom is -0.354 e. The van der Waals surface area contributed by atoms with Gasteiger partial charge in [-0.1, -0.05) is 68.4 Å². The molecular formula is C30H36FN3O4S. The van der Waals surface area contributed by atoms with Crippen LogP contribution >= 0.6 is 0 Å². The molecule has 2 amide bonds. The van der Waals surface area contributed by atoms with E-state index in [1.807, 2.05) is 37.3 Å². The van der Waals surface area contributed by atoms with E-state index in [0.29, 0.717) is 31.5 Å². The van der Waals surface area contributed by atoms with Crippen LogP contribution in [0, 0.1) is 5.82 Å². The minimum atomic E-state index is -3.56. The summed E-state index contributed by atoms with van der Waals surface area (Å²) < 4.78 is 40.5. The molecule has 9 heteroatoms. The Labute approximate surface area is 230 Å². The smallest absolute Gasteiger partial charge is 0.243 e. The van der Waals surface area contributed by atoms with Gasteiger partial charge < -0.3 is 10.2 Å². The molecule has 0 aliphatic rings. The van der Waals surface area contributed by atoms with Crippen molar-refractivity contribution < 1.29 is 22.4 Å². The van der Waals surface area contributed by atoms with Crippen molar-refractivity contribution in [3.63, 3.8) is 0 Å². The standard InChI is InChI=1S/C30H36FN3O4S/c1-3-20-32-30(36)28(21-24-8-6-5-7-9-24)34(22-25-10-15-26(31)16-11-25)29(35)19-14-23-12-17-27(18-13-23)39(37,38)33-4-2/h5-13,15-18,28,33H,3-4,14,19-22H2,1-2H3,(H,32,36). The first-order valence-corrected chi connectivity index (χ1v) is 14.7. The van der Waals surface area contributed by atoms with Gasteiger partial charge in [-0.05, 0) is 53.8 Å². The van der Waals surface area contributed by atoms with Crippen LogP contribution in [-0.4, -0.2) is 44.3 Å². The van der Waals surface area contributed by atoms with Gasteiger partial charge >= 0.3 is 0 Å². The van der Waals surface area contributed by atoms with Gasteiger partial charge in [0.25, 0.3) is 0 Å². The van der Waals surface area contributed by atoms with Crippen molar-refractivity contribution in [3.05, 3.63) is 101 Å². The number of sulfonamides is 1. The van der Waals surface area contributed by atoms with Crippen molar-refractivity contribution in [3.8, 4) is 0 Å². The van der Waals surface area contributed by atoms with Crippen molar-refractivity contribution in [2.75, 3.05) is 13.1 Å². The number of aryl methyl sites for hydroxylation is 1. The summed E-state index contributed by atoms with van der Waals surface area (Å²) in [6.07, 6.45) is 1.58. The van der Waals surface area contributed by atoms with Crippen molar-refractivity contribution >= 4 is 21.8 Å². The predicted molar refractivity (Wildman–Crippen MR) is 150 cm³/mol. The number of hydrogen-bond acceptors (Lipinski definition) is 4. The summed E-state index contributed by atoms with van der Waals surface area (Å²) >= 11 is 0. The van der Waals surface area contributed by atoms with Crippen LogP contribution in [0.4, 0.5) is 4.39 Å². The fourth-order valence-electron chi connectivity index (χ4n) is 4.21. The highest BCUT2D eigenvalue weighted by Crippen LogP contribution is 2.18. The Balaban J connectivity index is 1.85. The number of benzene rings is 3. The number of hydrogen-bond donors (Lipinski definition) is 2. The molecule has 7 nitrogen and oxygen atoms in total. The van der Waals surface area contributed by atoms with Crippen molar-refractivity contribution in [2.24, 2.45) is 0 Å². The monoisotopic (exact) mass is 553 g/mol. The van der Waals surface area contributed by atoms with Crippen LogP contribution in [0.1, 0.15) is 43.4 Å². The van der Waals surface area contributed by atoms with E-state index in [4.69, 9.17) is 0 Å². The molecule has 0 aliphatic carbocycles. The highest BCUT2D eigenvalue weighted by atomic mass is 32.2. The molecule has 0 bridgehead atoms. The molecule has 208 valence electrons. The Bertz CT molecular complexity index is 1310. The first kappa shape index (κ1) is 30.0. The SMILES string of the molecule is CCCNC(=O)C(Cc1ccccc1)N(Cc1ccc(F)cc1)C(=O)CCc1ccc(S(=O)(=O)NCC)cc1. The first-order valence-electron chi connectivity index (χ1n) is 13.2. The third kappa shape index (κ3) is 9.01. The molecule has 0 aliphatic heterocycles. The van der Waals surface area contributed by atoms with Gasteiger partial charge in [0.1, 0.15) is 11.9 Å². The Morgan fingerprint density at radius 1 is 0.872 bits per heavy atom. The fraction of sp³-hybridized carbons (Fsp3) is 0.333. The van der Waals surface area contributed by atoms with Gasteiger partial charge in [-0.2, -0.15) is 0 Å². The van der Waals surface area contributed by atoms with Crippen LogP contribution in [-0.2, 0) is 39.0 Å². The maximum Gasteiger partial charge on any atom is 0.243 e. The average Bonchev–Trinajstić information content (AvgIpc) is 2.94. The van der Waals surface area contributed by atoms with E-state index >= 15 is 0 Å². The molecule has 2 N–H and O–H groups in total. The Morgan fingerprint density at radius 2 is 1.51 bits per heavy atom. The summed E-state index contributed by atoms with van der Waals surface area (Å²) in [6, 6.07) is 21.1. The lowest BCUT2D eigenvalue weighted by molar-refractivity contribution is -0.141. The average molecular weight is 554 g/mol. The molecule has 3 rings (SSSR count). The quantitative estimate of drug-likeness (QED) is 0.313. The van der Waals surface area contributed by atoms with Gasteiger partial charge in [0.05, 0.1) is 4.90 Å². The molecule has 0 saturated heterocycles. The summed E-state index contributed by atoms with van der Waals surface area (Å²) in [7, 11) is -3.56. The molecule has 0 aromatic heterocycles. The molecule has 1 atom stereocenters. The highest BCUT2D eigenvalue weighted by molar-refractivity contribution is 7.89. The molecule has 0 fully saturated rings. The normalized spacial score (nSPS) is 12.1. The Hall–Kier alpha value is -3.56. The third-order valence-corrected chi connectivity index (χ3v) is 7.84. The zero-order valence-corrected chi connectivity index (χ0v) is 23.2. The zero-order chi connectivity index (χ0) is 28.3. The van der Waals surface area contributed by atoms with Gasteiger partial charge in [0.2, 0.25) is 21.8 Å². The van der Waals surface area contributed by atoms with Gasteiger partial charge in [-0.15, -0.1) is 0 Å². The van der Waals surface area contributed by atoms with Gasteiger partial charge in [0.15, 0.2) is 0 Å². The topological polar surface area (TPSA) is 95.6 Å². The van der Waals surface area contributed by atoms with Crippen LogP contribution in [0.5, 0.6) is 0 Å². The molecule has 39 heavy (non-hydrogen) atoms. The van der Waals surface area contributed by atoms with Crippen molar-refractivity contribution in [2.45, 2.75) is 57.0 Å². The Morgan fingerprint density at radius 3 is 2.13 bits per heavy atom. The number of carbonyl (C=O) groups is 2. The number of rotatable bonds is 14. The summed E-state index contributed by atoms with van der Waals surface area (Å²) in [5, 5.41) is 2.93. The second kappa shape index (κ2) is 14.6. The molecular weight excluding hydrogens is 517 g/mol. The maximum atomic E-state index is 13.7. The highest BCUT2D eigenvalue weighted by Gasteiger charge is 2.30. The summed E-state index contributed by atoms with van der Waals surface area (Å²) in [5.74, 6) is -0.844. The number of amides is 2. The molecule has 0 radical (unpaired) electrons. The zero-order valence-electron chi connectivity index (χ0n) is 22.4. The number of halogens is 1. The van der Waals surface area contributed by atoms with E-state index in [9.17, 15) is 22.4 Å². The molecule has 0 heterocycles. The maximum absolute atomic E-state index is 13.7. The largest absolute Gasteiger partial charge is 0.354 e. The van der Waals surface area contributed by atoms with Crippen molar-refractivity contribution in [1.82, 2.24) is 14.9 Å². The van der Waals surface area contributed by atoms with Crippen LogP contribution in [0.3, 0.4) is 0 Å². The number of nitrogens with zero attached hydrogens (tertiary/aromatic N) is 1. The molecule has 3 aromatic carbocycles. The second-order valence-corrected chi connectivity index (χ2v) is 11.1. The summed E-state index contributed by atoms with van der Waals surface area (Å²) in [6.45, 7) is 4.60. The van der Waals surface area contributed by atoms with Crippen molar-refractivity contribution in [1.29, 1.82) is 0 Å². The van der Waals surface area contributed by atoms with Crippen LogP contribution in [0.25, 0.3) is 0 Å². The number of carbonyl (C=O) groups excluding carboxylic acids is 2. The molecule has 0 saturated carbocycles. The lowest BCUT2D eigenvalue weighted by Gasteiger charge is -2.31. The van der Waals surface area contributed by atoms with Gasteiger partial charge in [-0.3, -0.25) is 9.59 Å². The molecule has 0 spiro atoms. The lowest BCUT2D eigenvalue weighted by atomic mass is 10.0. The van der Waals surface area contributed by atoms with E-state index in [-0.39, 0.29) is 35.5 Å². The minimum absolute atomic E-state index is 0.118. The van der Waals surface area contributed by atoms with Gasteiger partial charge in [-0.25, -0.2) is 17.5 Å². The van der Waals surface area contributed by atoms with Gasteiger partial charge in [0, 0.05) is 32.5 Å². The fourth-order valence-corrected chi connectivity index (χ4v) is 5.25.